The van der Waals surface area contributed by atoms with Gasteiger partial charge in [-0.05, 0) is 83.5 Å². The molecule has 0 unspecified atom stereocenters. The van der Waals surface area contributed by atoms with Gasteiger partial charge in [-0.25, -0.2) is 0 Å². The molecule has 0 atom stereocenters. The number of hydrogen-bond donors (Lipinski definition) is 0. The first-order valence-electron chi connectivity index (χ1n) is 16.7. The quantitative estimate of drug-likeness (QED) is 0.179. The van der Waals surface area contributed by atoms with Gasteiger partial charge in [-0.2, -0.15) is 0 Å². The molecule has 1 heterocycles. The van der Waals surface area contributed by atoms with Gasteiger partial charge in [0.15, 0.2) is 11.6 Å². The van der Waals surface area contributed by atoms with Crippen molar-refractivity contribution in [2.45, 2.75) is 0 Å². The Bertz CT molecular complexity index is 2740. The van der Waals surface area contributed by atoms with Crippen molar-refractivity contribution in [3.63, 3.8) is 0 Å². The van der Waals surface area contributed by atoms with Crippen molar-refractivity contribution in [3.8, 4) is 50.7 Å². The molecule has 0 bridgehead atoms. The minimum absolute atomic E-state index is 0.817. The second kappa shape index (κ2) is 11.0. The average Bonchev–Trinajstić information content (AvgIpc) is 3.63. The van der Waals surface area contributed by atoms with Gasteiger partial charge in [0, 0.05) is 16.8 Å². The molecule has 10 rings (SSSR count). The second-order valence-corrected chi connectivity index (χ2v) is 12.7. The number of benzene rings is 9. The Morgan fingerprint density at radius 2 is 0.796 bits per heavy atom. The molecule has 228 valence electrons. The molecule has 9 aromatic carbocycles. The lowest BCUT2D eigenvalue weighted by molar-refractivity contribution is 1.07. The molecule has 0 amide bonds. The Morgan fingerprint density at radius 1 is 0.327 bits per heavy atom. The summed E-state index contributed by atoms with van der Waals surface area (Å²) in [7, 11) is 0. The molecule has 0 saturated heterocycles. The number of rotatable bonds is 5. The third-order valence-electron chi connectivity index (χ3n) is 9.89. The summed E-state index contributed by atoms with van der Waals surface area (Å²) in [5, 5.41) is 19.6. The van der Waals surface area contributed by atoms with E-state index in [0.29, 0.717) is 0 Å². The van der Waals surface area contributed by atoms with Crippen LogP contribution in [0.15, 0.2) is 176 Å². The maximum Gasteiger partial charge on any atom is 0.168 e. The van der Waals surface area contributed by atoms with Crippen LogP contribution in [0.4, 0.5) is 0 Å². The highest BCUT2D eigenvalue weighted by Gasteiger charge is 2.18. The van der Waals surface area contributed by atoms with Crippen molar-refractivity contribution < 1.29 is 0 Å². The minimum atomic E-state index is 0.817. The average molecular weight is 624 g/mol. The maximum atomic E-state index is 4.66. The van der Waals surface area contributed by atoms with Crippen LogP contribution in [0.2, 0.25) is 0 Å². The highest BCUT2D eigenvalue weighted by atomic mass is 15.3. The minimum Gasteiger partial charge on any atom is -0.275 e. The SMILES string of the molecule is c1ccc(-c2nnc(-c3ccccc3)n2-c2ccc(-c3ccc4ccc5c(-c6ccc7ccccc7c6)ccc6ccc3c4c65)cc2)cc1. The van der Waals surface area contributed by atoms with Gasteiger partial charge >= 0.3 is 0 Å². The van der Waals surface area contributed by atoms with Crippen LogP contribution in [0, 0.1) is 0 Å². The van der Waals surface area contributed by atoms with Gasteiger partial charge in [0.1, 0.15) is 0 Å². The van der Waals surface area contributed by atoms with Crippen molar-refractivity contribution in [1.82, 2.24) is 14.8 Å². The Morgan fingerprint density at radius 3 is 1.39 bits per heavy atom. The van der Waals surface area contributed by atoms with E-state index in [4.69, 9.17) is 0 Å². The Labute approximate surface area is 283 Å². The summed E-state index contributed by atoms with van der Waals surface area (Å²) in [5.74, 6) is 1.63. The highest BCUT2D eigenvalue weighted by molar-refractivity contribution is 6.27. The van der Waals surface area contributed by atoms with Crippen LogP contribution in [0.1, 0.15) is 0 Å². The Kier molecular flexibility index (Phi) is 6.18. The molecule has 0 N–H and O–H groups in total. The molecule has 49 heavy (non-hydrogen) atoms. The molecule has 0 radical (unpaired) electrons. The maximum absolute atomic E-state index is 4.66. The summed E-state index contributed by atoms with van der Waals surface area (Å²) in [6.07, 6.45) is 0. The smallest absolute Gasteiger partial charge is 0.168 e. The van der Waals surface area contributed by atoms with Gasteiger partial charge in [-0.1, -0.05) is 158 Å². The van der Waals surface area contributed by atoms with Crippen LogP contribution in [0.3, 0.4) is 0 Å². The van der Waals surface area contributed by atoms with Gasteiger partial charge in [0.05, 0.1) is 0 Å². The lowest BCUT2D eigenvalue weighted by Gasteiger charge is -2.17. The standard InChI is InChI=1S/C46H29N3/c1-3-10-34(11-4-1)45-47-48-46(35-12-5-2-6-13-35)49(45)38-23-17-31(18-24-38)39-25-19-32-22-28-42-40(26-20-33-21-27-41(39)43(32)44(33)42)37-16-15-30-9-7-8-14-36(30)29-37/h1-29H. The molecule has 10 aromatic rings. The zero-order chi connectivity index (χ0) is 32.3. The molecule has 3 heteroatoms. The van der Waals surface area contributed by atoms with Crippen molar-refractivity contribution >= 4 is 43.1 Å². The summed E-state index contributed by atoms with van der Waals surface area (Å²) in [5.41, 5.74) is 7.97. The fourth-order valence-electron chi connectivity index (χ4n) is 7.53. The molecular weight excluding hydrogens is 595 g/mol. The largest absolute Gasteiger partial charge is 0.275 e. The molecule has 0 spiro atoms. The second-order valence-electron chi connectivity index (χ2n) is 12.7. The monoisotopic (exact) mass is 623 g/mol. The van der Waals surface area contributed by atoms with Gasteiger partial charge in [0.25, 0.3) is 0 Å². The van der Waals surface area contributed by atoms with Crippen LogP contribution in [0.25, 0.3) is 93.8 Å². The van der Waals surface area contributed by atoms with E-state index < -0.39 is 0 Å². The number of aromatic nitrogens is 3. The first kappa shape index (κ1) is 27.5. The van der Waals surface area contributed by atoms with E-state index in [0.717, 1.165) is 28.5 Å². The summed E-state index contributed by atoms with van der Waals surface area (Å²) in [6.45, 7) is 0. The topological polar surface area (TPSA) is 30.7 Å². The Hall–Kier alpha value is -6.58. The predicted octanol–water partition coefficient (Wildman–Crippen LogP) is 12.0. The molecule has 3 nitrogen and oxygen atoms in total. The van der Waals surface area contributed by atoms with Crippen molar-refractivity contribution in [2.24, 2.45) is 0 Å². The first-order valence-corrected chi connectivity index (χ1v) is 16.7. The zero-order valence-electron chi connectivity index (χ0n) is 26.6. The predicted molar refractivity (Wildman–Crippen MR) is 204 cm³/mol. The summed E-state index contributed by atoms with van der Waals surface area (Å²) in [6, 6.07) is 63.0. The molecule has 0 aliphatic rings. The molecule has 0 aliphatic heterocycles. The number of nitrogens with zero attached hydrogens (tertiary/aromatic N) is 3. The fourth-order valence-corrected chi connectivity index (χ4v) is 7.53. The molecule has 0 fully saturated rings. The third kappa shape index (κ3) is 4.44. The molecule has 0 aliphatic carbocycles. The Balaban J connectivity index is 1.12. The van der Waals surface area contributed by atoms with Crippen molar-refractivity contribution in [3.05, 3.63) is 176 Å². The van der Waals surface area contributed by atoms with Crippen LogP contribution in [-0.2, 0) is 0 Å². The van der Waals surface area contributed by atoms with Gasteiger partial charge in [-0.15, -0.1) is 10.2 Å². The zero-order valence-corrected chi connectivity index (χ0v) is 26.6. The molecule has 1 aromatic heterocycles. The van der Waals surface area contributed by atoms with E-state index in [1.54, 1.807) is 0 Å². The van der Waals surface area contributed by atoms with Gasteiger partial charge in [-0.3, -0.25) is 4.57 Å². The third-order valence-corrected chi connectivity index (χ3v) is 9.89. The first-order chi connectivity index (χ1) is 24.3. The van der Waals surface area contributed by atoms with E-state index in [-0.39, 0.29) is 0 Å². The van der Waals surface area contributed by atoms with E-state index in [2.05, 4.69) is 154 Å². The molecular formula is C46H29N3. The van der Waals surface area contributed by atoms with Crippen LogP contribution in [0.5, 0.6) is 0 Å². The lowest BCUT2D eigenvalue weighted by atomic mass is 9.87. The summed E-state index contributed by atoms with van der Waals surface area (Å²) < 4.78 is 2.16. The van der Waals surface area contributed by atoms with E-state index in [1.807, 2.05) is 36.4 Å². The van der Waals surface area contributed by atoms with Crippen molar-refractivity contribution in [2.75, 3.05) is 0 Å². The number of hydrogen-bond acceptors (Lipinski definition) is 2. The fraction of sp³-hybridized carbons (Fsp3) is 0. The van der Waals surface area contributed by atoms with E-state index in [9.17, 15) is 0 Å². The number of fused-ring (bicyclic) bond motifs is 1. The summed E-state index contributed by atoms with van der Waals surface area (Å²) >= 11 is 0. The molecule has 0 saturated carbocycles. The van der Waals surface area contributed by atoms with Crippen LogP contribution >= 0.6 is 0 Å². The van der Waals surface area contributed by atoms with Crippen molar-refractivity contribution in [1.29, 1.82) is 0 Å². The van der Waals surface area contributed by atoms with E-state index >= 15 is 0 Å². The lowest BCUT2D eigenvalue weighted by Crippen LogP contribution is -2.00. The van der Waals surface area contributed by atoms with Gasteiger partial charge in [0.2, 0.25) is 0 Å². The van der Waals surface area contributed by atoms with Crippen LogP contribution in [-0.4, -0.2) is 14.8 Å². The van der Waals surface area contributed by atoms with E-state index in [1.165, 1.54) is 65.3 Å². The van der Waals surface area contributed by atoms with Gasteiger partial charge < -0.3 is 0 Å². The normalized spacial score (nSPS) is 11.7. The van der Waals surface area contributed by atoms with Crippen LogP contribution < -0.4 is 0 Å². The summed E-state index contributed by atoms with van der Waals surface area (Å²) in [4.78, 5) is 0. The highest BCUT2D eigenvalue weighted by Crippen LogP contribution is 2.43.